The molecular formula is C16H15N3O2. The first-order valence-corrected chi connectivity index (χ1v) is 6.67. The summed E-state index contributed by atoms with van der Waals surface area (Å²) in [4.78, 5) is 8.36. The predicted octanol–water partition coefficient (Wildman–Crippen LogP) is 2.98. The number of anilines is 1. The summed E-state index contributed by atoms with van der Waals surface area (Å²) in [5.74, 6) is 0.926. The van der Waals surface area contributed by atoms with E-state index in [2.05, 4.69) is 9.97 Å². The molecule has 0 amide bonds. The Morgan fingerprint density at radius 3 is 2.48 bits per heavy atom. The molecule has 106 valence electrons. The zero-order valence-electron chi connectivity index (χ0n) is 11.6. The van der Waals surface area contributed by atoms with Crippen molar-refractivity contribution in [3.63, 3.8) is 0 Å². The fourth-order valence-corrected chi connectivity index (χ4v) is 2.20. The molecule has 5 nitrogen and oxygen atoms in total. The number of nitrogens with two attached hydrogens (primary N) is 1. The van der Waals surface area contributed by atoms with Gasteiger partial charge in [-0.1, -0.05) is 18.2 Å². The van der Waals surface area contributed by atoms with Crippen molar-refractivity contribution in [3.8, 4) is 22.8 Å². The molecule has 0 aliphatic carbocycles. The number of benzene rings is 2. The lowest BCUT2D eigenvalue weighted by atomic mass is 10.0. The van der Waals surface area contributed by atoms with E-state index in [0.717, 1.165) is 22.0 Å². The number of rotatable bonds is 3. The van der Waals surface area contributed by atoms with E-state index in [0.29, 0.717) is 12.5 Å². The monoisotopic (exact) mass is 281 g/mol. The van der Waals surface area contributed by atoms with Crippen molar-refractivity contribution in [1.82, 2.24) is 9.97 Å². The topological polar surface area (TPSA) is 81.3 Å². The van der Waals surface area contributed by atoms with Crippen molar-refractivity contribution < 1.29 is 9.84 Å². The van der Waals surface area contributed by atoms with E-state index in [1.54, 1.807) is 12.1 Å². The summed E-state index contributed by atoms with van der Waals surface area (Å²) in [7, 11) is 0. The van der Waals surface area contributed by atoms with Gasteiger partial charge in [0.15, 0.2) is 0 Å². The number of aromatic nitrogens is 2. The Morgan fingerprint density at radius 2 is 1.76 bits per heavy atom. The summed E-state index contributed by atoms with van der Waals surface area (Å²) < 4.78 is 5.54. The molecule has 0 saturated carbocycles. The minimum Gasteiger partial charge on any atom is -0.508 e. The van der Waals surface area contributed by atoms with E-state index < -0.39 is 0 Å². The highest BCUT2D eigenvalue weighted by molar-refractivity contribution is 5.89. The molecule has 0 atom stereocenters. The normalized spacial score (nSPS) is 10.7. The fourth-order valence-electron chi connectivity index (χ4n) is 2.20. The molecule has 21 heavy (non-hydrogen) atoms. The van der Waals surface area contributed by atoms with E-state index >= 15 is 0 Å². The summed E-state index contributed by atoms with van der Waals surface area (Å²) in [6.07, 6.45) is 0. The van der Waals surface area contributed by atoms with Crippen molar-refractivity contribution in [2.45, 2.75) is 6.92 Å². The summed E-state index contributed by atoms with van der Waals surface area (Å²) >= 11 is 0. The standard InChI is InChI=1S/C16H15N3O2/c1-2-21-15-13-9-11(10-3-6-12(20)7-4-10)5-8-14(13)18-16(17)19-15/h3-9,20H,2H2,1H3,(H2,17,18,19). The Balaban J connectivity index is 2.16. The van der Waals surface area contributed by atoms with Crippen molar-refractivity contribution in [1.29, 1.82) is 0 Å². The third-order valence-electron chi connectivity index (χ3n) is 3.16. The van der Waals surface area contributed by atoms with E-state index in [4.69, 9.17) is 10.5 Å². The first-order chi connectivity index (χ1) is 10.2. The maximum absolute atomic E-state index is 9.37. The average molecular weight is 281 g/mol. The summed E-state index contributed by atoms with van der Waals surface area (Å²) in [6, 6.07) is 12.8. The minimum atomic E-state index is 0.198. The third-order valence-corrected chi connectivity index (χ3v) is 3.16. The first kappa shape index (κ1) is 13.2. The highest BCUT2D eigenvalue weighted by Crippen LogP contribution is 2.29. The molecule has 3 aromatic rings. The van der Waals surface area contributed by atoms with Gasteiger partial charge in [-0.05, 0) is 42.3 Å². The molecule has 0 unspecified atom stereocenters. The van der Waals surface area contributed by atoms with E-state index in [9.17, 15) is 5.11 Å². The van der Waals surface area contributed by atoms with Gasteiger partial charge < -0.3 is 15.6 Å². The number of nitrogens with zero attached hydrogens (tertiary/aromatic N) is 2. The van der Waals surface area contributed by atoms with Gasteiger partial charge in [0.25, 0.3) is 0 Å². The molecule has 1 aromatic heterocycles. The second-order valence-electron chi connectivity index (χ2n) is 4.60. The maximum Gasteiger partial charge on any atom is 0.226 e. The zero-order valence-corrected chi connectivity index (χ0v) is 11.6. The smallest absolute Gasteiger partial charge is 0.226 e. The zero-order chi connectivity index (χ0) is 14.8. The van der Waals surface area contributed by atoms with Gasteiger partial charge in [-0.15, -0.1) is 0 Å². The van der Waals surface area contributed by atoms with Crippen LogP contribution in [-0.2, 0) is 0 Å². The van der Waals surface area contributed by atoms with E-state index in [-0.39, 0.29) is 11.7 Å². The number of aromatic hydroxyl groups is 1. The number of nitrogen functional groups attached to an aromatic ring is 1. The molecule has 0 fully saturated rings. The van der Waals surface area contributed by atoms with Gasteiger partial charge in [0.05, 0.1) is 17.5 Å². The molecule has 0 aliphatic rings. The Morgan fingerprint density at radius 1 is 1.05 bits per heavy atom. The van der Waals surface area contributed by atoms with E-state index in [1.165, 1.54) is 0 Å². The van der Waals surface area contributed by atoms with Crippen molar-refractivity contribution in [3.05, 3.63) is 42.5 Å². The maximum atomic E-state index is 9.37. The SMILES string of the molecule is CCOc1nc(N)nc2ccc(-c3ccc(O)cc3)cc12. The number of ether oxygens (including phenoxy) is 1. The third kappa shape index (κ3) is 2.58. The number of hydrogen-bond donors (Lipinski definition) is 2. The second kappa shape index (κ2) is 5.28. The van der Waals surface area contributed by atoms with Crippen LogP contribution in [0.4, 0.5) is 5.95 Å². The number of phenolic OH excluding ortho intramolecular Hbond substituents is 1. The molecule has 3 N–H and O–H groups in total. The van der Waals surface area contributed by atoms with Gasteiger partial charge in [0.2, 0.25) is 11.8 Å². The van der Waals surface area contributed by atoms with Gasteiger partial charge in [-0.3, -0.25) is 0 Å². The van der Waals surface area contributed by atoms with Gasteiger partial charge >= 0.3 is 0 Å². The summed E-state index contributed by atoms with van der Waals surface area (Å²) in [6.45, 7) is 2.41. The lowest BCUT2D eigenvalue weighted by Crippen LogP contribution is -2.01. The molecule has 0 spiro atoms. The van der Waals surface area contributed by atoms with Crippen molar-refractivity contribution in [2.75, 3.05) is 12.3 Å². The van der Waals surface area contributed by atoms with Crippen LogP contribution in [0.25, 0.3) is 22.0 Å². The van der Waals surface area contributed by atoms with Crippen LogP contribution in [0.15, 0.2) is 42.5 Å². The Labute approximate surface area is 122 Å². The number of fused-ring (bicyclic) bond motifs is 1. The van der Waals surface area contributed by atoms with Gasteiger partial charge in [0.1, 0.15) is 5.75 Å². The molecule has 0 bridgehead atoms. The lowest BCUT2D eigenvalue weighted by molar-refractivity contribution is 0.331. The molecule has 0 radical (unpaired) electrons. The van der Waals surface area contributed by atoms with Gasteiger partial charge in [-0.25, -0.2) is 4.98 Å². The molecule has 2 aromatic carbocycles. The number of phenols is 1. The Kier molecular flexibility index (Phi) is 3.31. The highest BCUT2D eigenvalue weighted by atomic mass is 16.5. The van der Waals surface area contributed by atoms with Crippen LogP contribution in [0, 0.1) is 0 Å². The number of hydrogen-bond acceptors (Lipinski definition) is 5. The van der Waals surface area contributed by atoms with Crippen LogP contribution < -0.4 is 10.5 Å². The van der Waals surface area contributed by atoms with Gasteiger partial charge in [0, 0.05) is 0 Å². The van der Waals surface area contributed by atoms with Crippen molar-refractivity contribution >= 4 is 16.9 Å². The van der Waals surface area contributed by atoms with Crippen LogP contribution in [0.2, 0.25) is 0 Å². The van der Waals surface area contributed by atoms with Crippen LogP contribution in [0.1, 0.15) is 6.92 Å². The van der Waals surface area contributed by atoms with Crippen LogP contribution in [0.3, 0.4) is 0 Å². The predicted molar refractivity (Wildman–Crippen MR) is 82.2 cm³/mol. The Bertz CT molecular complexity index is 785. The summed E-state index contributed by atoms with van der Waals surface area (Å²) in [5, 5.41) is 10.2. The average Bonchev–Trinajstić information content (AvgIpc) is 2.48. The van der Waals surface area contributed by atoms with E-state index in [1.807, 2.05) is 37.3 Å². The van der Waals surface area contributed by atoms with Crippen LogP contribution in [-0.4, -0.2) is 21.7 Å². The largest absolute Gasteiger partial charge is 0.508 e. The van der Waals surface area contributed by atoms with Crippen molar-refractivity contribution in [2.24, 2.45) is 0 Å². The quantitative estimate of drug-likeness (QED) is 0.771. The molecule has 0 saturated heterocycles. The molecule has 0 aliphatic heterocycles. The summed E-state index contributed by atoms with van der Waals surface area (Å²) in [5.41, 5.74) is 8.43. The van der Waals surface area contributed by atoms with Crippen LogP contribution in [0.5, 0.6) is 11.6 Å². The fraction of sp³-hybridized carbons (Fsp3) is 0.125. The van der Waals surface area contributed by atoms with Crippen LogP contribution >= 0.6 is 0 Å². The second-order valence-corrected chi connectivity index (χ2v) is 4.60. The molecule has 5 heteroatoms. The lowest BCUT2D eigenvalue weighted by Gasteiger charge is -2.09. The minimum absolute atomic E-state index is 0.198. The molecular weight excluding hydrogens is 266 g/mol. The highest BCUT2D eigenvalue weighted by Gasteiger charge is 2.09. The Hall–Kier alpha value is -2.82. The van der Waals surface area contributed by atoms with Gasteiger partial charge in [-0.2, -0.15) is 4.98 Å². The first-order valence-electron chi connectivity index (χ1n) is 6.67. The molecule has 1 heterocycles. The molecule has 3 rings (SSSR count).